The number of amides is 1. The van der Waals surface area contributed by atoms with Crippen LogP contribution in [0.1, 0.15) is 43.0 Å². The molecule has 1 saturated heterocycles. The van der Waals surface area contributed by atoms with Gasteiger partial charge in [-0.15, -0.1) is 0 Å². The van der Waals surface area contributed by atoms with E-state index in [1.54, 1.807) is 12.1 Å². The van der Waals surface area contributed by atoms with Gasteiger partial charge in [0.1, 0.15) is 17.3 Å². The molecule has 7 nitrogen and oxygen atoms in total. The maximum Gasteiger partial charge on any atom is 0.295 e. The van der Waals surface area contributed by atoms with Crippen LogP contribution < -0.4 is 9.47 Å². The van der Waals surface area contributed by atoms with Crippen molar-refractivity contribution in [2.75, 3.05) is 26.9 Å². The van der Waals surface area contributed by atoms with Gasteiger partial charge in [0.15, 0.2) is 0 Å². The van der Waals surface area contributed by atoms with E-state index < -0.39 is 17.7 Å². The Morgan fingerprint density at radius 3 is 2.79 bits per heavy atom. The zero-order chi connectivity index (χ0) is 23.5. The highest BCUT2D eigenvalue weighted by Gasteiger charge is 2.46. The predicted octanol–water partition coefficient (Wildman–Crippen LogP) is 3.87. The number of methoxy groups -OCH3 is 1. The van der Waals surface area contributed by atoms with E-state index in [1.165, 1.54) is 12.0 Å². The lowest BCUT2D eigenvalue weighted by atomic mass is 9.94. The number of carbonyl (C=O) groups is 2. The molecule has 1 atom stereocenters. The number of rotatable bonds is 7. The van der Waals surface area contributed by atoms with E-state index in [-0.39, 0.29) is 30.6 Å². The summed E-state index contributed by atoms with van der Waals surface area (Å²) in [6, 6.07) is 11.9. The molecular formula is C26H29NO6. The van der Waals surface area contributed by atoms with E-state index in [2.05, 4.69) is 0 Å². The van der Waals surface area contributed by atoms with Gasteiger partial charge in [0.05, 0.1) is 30.9 Å². The van der Waals surface area contributed by atoms with Gasteiger partial charge < -0.3 is 24.2 Å². The molecule has 33 heavy (non-hydrogen) atoms. The van der Waals surface area contributed by atoms with Crippen molar-refractivity contribution in [3.63, 3.8) is 0 Å². The van der Waals surface area contributed by atoms with Gasteiger partial charge in [-0.1, -0.05) is 12.1 Å². The number of hydrogen-bond acceptors (Lipinski definition) is 6. The van der Waals surface area contributed by atoms with Crippen molar-refractivity contribution in [2.45, 2.75) is 38.8 Å². The van der Waals surface area contributed by atoms with Crippen LogP contribution in [-0.2, 0) is 20.7 Å². The Kier molecular flexibility index (Phi) is 6.70. The molecule has 2 aliphatic rings. The molecule has 1 amide bonds. The smallest absolute Gasteiger partial charge is 0.295 e. The van der Waals surface area contributed by atoms with Crippen molar-refractivity contribution in [1.29, 1.82) is 0 Å². The lowest BCUT2D eigenvalue weighted by Crippen LogP contribution is -2.32. The highest BCUT2D eigenvalue weighted by Crippen LogP contribution is 2.41. The first-order valence-electron chi connectivity index (χ1n) is 11.2. The fourth-order valence-electron chi connectivity index (χ4n) is 4.34. The number of Topliss-reactive ketones (excluding diaryl/α,β-unsaturated/α-hetero) is 1. The van der Waals surface area contributed by atoms with E-state index in [1.807, 2.05) is 44.2 Å². The van der Waals surface area contributed by atoms with Crippen LogP contribution in [0.4, 0.5) is 0 Å². The molecule has 0 aromatic heterocycles. The minimum absolute atomic E-state index is 0.0298. The van der Waals surface area contributed by atoms with Gasteiger partial charge in [0.2, 0.25) is 0 Å². The summed E-state index contributed by atoms with van der Waals surface area (Å²) in [5.41, 5.74) is 2.21. The quantitative estimate of drug-likeness (QED) is 0.391. The predicted molar refractivity (Wildman–Crippen MR) is 123 cm³/mol. The summed E-state index contributed by atoms with van der Waals surface area (Å²) < 4.78 is 16.7. The standard InChI is InChI=1S/C26H29NO6/c1-16(2)33-20-8-4-6-18(15-20)23-22(25(29)26(30)27(23)11-13-31-3)24(28)19-9-10-21-17(14-19)7-5-12-32-21/h4,6,8-10,14-16,23,28H,5,7,11-13H2,1-3H3/b24-22-. The highest BCUT2D eigenvalue weighted by atomic mass is 16.5. The summed E-state index contributed by atoms with van der Waals surface area (Å²) in [7, 11) is 1.54. The van der Waals surface area contributed by atoms with E-state index in [0.29, 0.717) is 23.5 Å². The number of likely N-dealkylation sites (tertiary alicyclic amines) is 1. The molecule has 1 fully saturated rings. The number of nitrogens with zero attached hydrogens (tertiary/aromatic N) is 1. The molecule has 0 bridgehead atoms. The lowest BCUT2D eigenvalue weighted by Gasteiger charge is -2.25. The maximum absolute atomic E-state index is 13.1. The van der Waals surface area contributed by atoms with Crippen LogP contribution in [0.3, 0.4) is 0 Å². The van der Waals surface area contributed by atoms with Gasteiger partial charge in [-0.25, -0.2) is 0 Å². The second kappa shape index (κ2) is 9.67. The molecular weight excluding hydrogens is 422 g/mol. The Balaban J connectivity index is 1.82. The summed E-state index contributed by atoms with van der Waals surface area (Å²) in [5, 5.41) is 11.3. The van der Waals surface area contributed by atoms with Crippen molar-refractivity contribution < 1.29 is 28.9 Å². The Hall–Kier alpha value is -3.32. The average Bonchev–Trinajstić information content (AvgIpc) is 3.06. The zero-order valence-electron chi connectivity index (χ0n) is 19.2. The number of fused-ring (bicyclic) bond motifs is 1. The van der Waals surface area contributed by atoms with Gasteiger partial charge in [0.25, 0.3) is 11.7 Å². The van der Waals surface area contributed by atoms with Crippen molar-refractivity contribution in [2.24, 2.45) is 0 Å². The number of aliphatic hydroxyl groups excluding tert-OH is 1. The average molecular weight is 452 g/mol. The van der Waals surface area contributed by atoms with Gasteiger partial charge >= 0.3 is 0 Å². The first-order chi connectivity index (χ1) is 15.9. The molecule has 174 valence electrons. The Bertz CT molecular complexity index is 1090. The second-order valence-electron chi connectivity index (χ2n) is 8.50. The summed E-state index contributed by atoms with van der Waals surface area (Å²) in [4.78, 5) is 27.5. The normalized spacial score (nSPS) is 19.5. The summed E-state index contributed by atoms with van der Waals surface area (Å²) in [6.45, 7) is 5.00. The van der Waals surface area contributed by atoms with Crippen molar-refractivity contribution in [3.05, 3.63) is 64.7 Å². The fraction of sp³-hybridized carbons (Fsp3) is 0.385. The number of ketones is 1. The van der Waals surface area contributed by atoms with Gasteiger partial charge in [-0.2, -0.15) is 0 Å². The molecule has 2 heterocycles. The largest absolute Gasteiger partial charge is 0.507 e. The third-order valence-corrected chi connectivity index (χ3v) is 5.80. The van der Waals surface area contributed by atoms with Gasteiger partial charge in [0, 0.05) is 19.2 Å². The molecule has 4 rings (SSSR count). The minimum atomic E-state index is -0.747. The topological polar surface area (TPSA) is 85.3 Å². The monoisotopic (exact) mass is 451 g/mol. The van der Waals surface area contributed by atoms with Crippen LogP contribution in [0.5, 0.6) is 11.5 Å². The number of aliphatic hydroxyl groups is 1. The number of benzene rings is 2. The number of hydrogen-bond donors (Lipinski definition) is 1. The van der Waals surface area contributed by atoms with Gasteiger partial charge in [-0.05, 0) is 68.1 Å². The molecule has 2 aliphatic heterocycles. The molecule has 1 unspecified atom stereocenters. The molecule has 0 aliphatic carbocycles. The third-order valence-electron chi connectivity index (χ3n) is 5.80. The van der Waals surface area contributed by atoms with Crippen molar-refractivity contribution in [1.82, 2.24) is 4.90 Å². The minimum Gasteiger partial charge on any atom is -0.507 e. The molecule has 2 aromatic carbocycles. The van der Waals surface area contributed by atoms with Crippen LogP contribution in [0.15, 0.2) is 48.0 Å². The van der Waals surface area contributed by atoms with Crippen molar-refractivity contribution >= 4 is 17.4 Å². The summed E-state index contributed by atoms with van der Waals surface area (Å²) in [6.07, 6.45) is 1.69. The van der Waals surface area contributed by atoms with E-state index >= 15 is 0 Å². The van der Waals surface area contributed by atoms with Crippen LogP contribution in [-0.4, -0.2) is 54.7 Å². The summed E-state index contributed by atoms with van der Waals surface area (Å²) in [5.74, 6) is -0.145. The van der Waals surface area contributed by atoms with E-state index in [9.17, 15) is 14.7 Å². The molecule has 0 radical (unpaired) electrons. The summed E-state index contributed by atoms with van der Waals surface area (Å²) >= 11 is 0. The molecule has 0 spiro atoms. The first kappa shape index (κ1) is 22.9. The Labute approximate surface area is 193 Å². The Morgan fingerprint density at radius 1 is 1.21 bits per heavy atom. The molecule has 1 N–H and O–H groups in total. The lowest BCUT2D eigenvalue weighted by molar-refractivity contribution is -0.140. The SMILES string of the molecule is COCCN1C(=O)C(=O)/C(=C(\O)c2ccc3c(c2)CCCO3)C1c1cccc(OC(C)C)c1. The second-order valence-corrected chi connectivity index (χ2v) is 8.50. The molecule has 0 saturated carbocycles. The first-order valence-corrected chi connectivity index (χ1v) is 11.2. The van der Waals surface area contributed by atoms with Crippen LogP contribution in [0.25, 0.3) is 5.76 Å². The molecule has 7 heteroatoms. The van der Waals surface area contributed by atoms with Crippen LogP contribution in [0.2, 0.25) is 0 Å². The van der Waals surface area contributed by atoms with Crippen LogP contribution in [0, 0.1) is 0 Å². The van der Waals surface area contributed by atoms with E-state index in [0.717, 1.165) is 24.2 Å². The maximum atomic E-state index is 13.1. The third kappa shape index (κ3) is 4.59. The zero-order valence-corrected chi connectivity index (χ0v) is 19.2. The molecule has 2 aromatic rings. The van der Waals surface area contributed by atoms with Gasteiger partial charge in [-0.3, -0.25) is 9.59 Å². The number of ether oxygens (including phenoxy) is 3. The Morgan fingerprint density at radius 2 is 2.03 bits per heavy atom. The fourth-order valence-corrected chi connectivity index (χ4v) is 4.34. The number of carbonyl (C=O) groups excluding carboxylic acids is 2. The van der Waals surface area contributed by atoms with Crippen LogP contribution >= 0.6 is 0 Å². The number of aryl methyl sites for hydroxylation is 1. The highest BCUT2D eigenvalue weighted by molar-refractivity contribution is 6.46. The van der Waals surface area contributed by atoms with E-state index in [4.69, 9.17) is 14.2 Å². The van der Waals surface area contributed by atoms with Crippen molar-refractivity contribution in [3.8, 4) is 11.5 Å².